The Morgan fingerprint density at radius 3 is 2.61 bits per heavy atom. The minimum absolute atomic E-state index is 0.133. The van der Waals surface area contributed by atoms with Crippen molar-refractivity contribution in [1.29, 1.82) is 0 Å². The molecule has 2 aromatic rings. The van der Waals surface area contributed by atoms with Crippen LogP contribution in [0.5, 0.6) is 0 Å². The Morgan fingerprint density at radius 2 is 2.00 bits per heavy atom. The van der Waals surface area contributed by atoms with Gasteiger partial charge in [0.05, 0.1) is 15.9 Å². The van der Waals surface area contributed by atoms with Crippen LogP contribution in [0.3, 0.4) is 0 Å². The number of nitro groups is 1. The van der Waals surface area contributed by atoms with E-state index in [0.29, 0.717) is 9.38 Å². The van der Waals surface area contributed by atoms with Crippen LogP contribution in [0.15, 0.2) is 53.6 Å². The molecule has 3 rings (SSSR count). The van der Waals surface area contributed by atoms with Crippen molar-refractivity contribution in [2.75, 3.05) is 5.32 Å². The highest BCUT2D eigenvalue weighted by Crippen LogP contribution is 2.42. The van der Waals surface area contributed by atoms with Gasteiger partial charge in [0.15, 0.2) is 10.5 Å². The zero-order valence-electron chi connectivity index (χ0n) is 16.4. The summed E-state index contributed by atoms with van der Waals surface area (Å²) in [6, 6.07) is 10.3. The van der Waals surface area contributed by atoms with E-state index in [4.69, 9.17) is 12.2 Å². The zero-order chi connectivity index (χ0) is 22.8. The van der Waals surface area contributed by atoms with Crippen molar-refractivity contribution in [1.82, 2.24) is 10.1 Å². The molecule has 162 valence electrons. The highest BCUT2D eigenvalue weighted by molar-refractivity contribution is 8.24. The number of hydrogen-bond acceptors (Lipinski definition) is 7. The summed E-state index contributed by atoms with van der Waals surface area (Å²) < 4.78 is 13.5. The number of nitro benzene ring substituents is 1. The number of nitrogens with zero attached hydrogens (tertiary/aromatic N) is 4. The fourth-order valence-corrected chi connectivity index (χ4v) is 4.68. The van der Waals surface area contributed by atoms with Gasteiger partial charge in [-0.15, -0.1) is 0 Å². The second-order valence-corrected chi connectivity index (χ2v) is 9.32. The summed E-state index contributed by atoms with van der Waals surface area (Å²) in [6.45, 7) is 3.55. The van der Waals surface area contributed by atoms with Crippen LogP contribution in [0, 0.1) is 15.9 Å². The lowest BCUT2D eigenvalue weighted by Crippen LogP contribution is -2.54. The molecule has 0 aromatic heterocycles. The summed E-state index contributed by atoms with van der Waals surface area (Å²) in [4.78, 5) is 22.8. The Bertz CT molecular complexity index is 1050. The number of halogens is 1. The lowest BCUT2D eigenvalue weighted by atomic mass is 10.1. The van der Waals surface area contributed by atoms with Gasteiger partial charge in [0.2, 0.25) is 0 Å². The molecular weight excluding hydrogens is 445 g/mol. The predicted molar refractivity (Wildman–Crippen MR) is 120 cm³/mol. The number of carbonyl (C=O) groups is 1. The number of hydroxylamine groups is 2. The van der Waals surface area contributed by atoms with Crippen molar-refractivity contribution in [3.63, 3.8) is 0 Å². The van der Waals surface area contributed by atoms with Crippen molar-refractivity contribution >= 4 is 51.9 Å². The Kier molecular flexibility index (Phi) is 6.53. The number of amides is 2. The van der Waals surface area contributed by atoms with E-state index in [1.54, 1.807) is 26.0 Å². The normalized spacial score (nSPS) is 17.7. The number of rotatable bonds is 5. The van der Waals surface area contributed by atoms with Crippen LogP contribution in [-0.2, 0) is 0 Å². The van der Waals surface area contributed by atoms with E-state index in [9.17, 15) is 24.5 Å². The summed E-state index contributed by atoms with van der Waals surface area (Å²) in [7, 11) is 0. The van der Waals surface area contributed by atoms with Crippen molar-refractivity contribution in [2.45, 2.75) is 24.8 Å². The number of non-ortho nitro benzene ring substituents is 1. The minimum Gasteiger partial charge on any atom is -0.306 e. The Balaban J connectivity index is 1.80. The van der Waals surface area contributed by atoms with Gasteiger partial charge in [-0.3, -0.25) is 15.3 Å². The average Bonchev–Trinajstić information content (AvgIpc) is 2.94. The third-order valence-electron chi connectivity index (χ3n) is 4.39. The molecule has 0 aliphatic carbocycles. The number of thioether (sulfide) groups is 1. The van der Waals surface area contributed by atoms with Crippen LogP contribution in [0.25, 0.3) is 0 Å². The molecular formula is C19H18FN5O4S2. The van der Waals surface area contributed by atoms with Gasteiger partial charge in [-0.05, 0) is 32.0 Å². The van der Waals surface area contributed by atoms with E-state index in [-0.39, 0.29) is 16.9 Å². The van der Waals surface area contributed by atoms with E-state index in [1.165, 1.54) is 59.4 Å². The second-order valence-electron chi connectivity index (χ2n) is 7.03. The Labute approximate surface area is 186 Å². The summed E-state index contributed by atoms with van der Waals surface area (Å²) in [5.74, 6) is -0.475. The van der Waals surface area contributed by atoms with Gasteiger partial charge in [0, 0.05) is 23.4 Å². The molecule has 2 aromatic carbocycles. The molecule has 0 bridgehead atoms. The molecule has 9 nitrogen and oxygen atoms in total. The minimum atomic E-state index is -0.994. The first-order valence-electron chi connectivity index (χ1n) is 8.94. The summed E-state index contributed by atoms with van der Waals surface area (Å²) >= 11 is 6.57. The van der Waals surface area contributed by atoms with Crippen LogP contribution >= 0.6 is 24.0 Å². The molecule has 12 heteroatoms. The largest absolute Gasteiger partial charge is 0.347 e. The fourth-order valence-electron chi connectivity index (χ4n) is 2.89. The van der Waals surface area contributed by atoms with E-state index >= 15 is 0 Å². The van der Waals surface area contributed by atoms with Crippen molar-refractivity contribution in [3.05, 3.63) is 70.0 Å². The Morgan fingerprint density at radius 1 is 1.35 bits per heavy atom. The van der Waals surface area contributed by atoms with Crippen molar-refractivity contribution in [3.8, 4) is 0 Å². The first kappa shape index (κ1) is 22.6. The van der Waals surface area contributed by atoms with Crippen LogP contribution in [0.4, 0.5) is 20.6 Å². The number of carbonyl (C=O) groups excluding carboxylic acids is 1. The van der Waals surface area contributed by atoms with Gasteiger partial charge >= 0.3 is 6.03 Å². The maximum Gasteiger partial charge on any atom is 0.347 e. The molecule has 31 heavy (non-hydrogen) atoms. The number of thiocarbonyl (C=S) groups is 1. The number of nitrogens with one attached hydrogen (secondary N) is 1. The second kappa shape index (κ2) is 8.96. The predicted octanol–water partition coefficient (Wildman–Crippen LogP) is 4.43. The van der Waals surface area contributed by atoms with Gasteiger partial charge in [-0.2, -0.15) is 10.2 Å². The fraction of sp³-hybridized carbons (Fsp3) is 0.211. The Hall–Kier alpha value is -3.09. The van der Waals surface area contributed by atoms with Gasteiger partial charge < -0.3 is 5.32 Å². The average molecular weight is 464 g/mol. The van der Waals surface area contributed by atoms with Gasteiger partial charge in [-0.1, -0.05) is 42.2 Å². The lowest BCUT2D eigenvalue weighted by molar-refractivity contribution is -0.384. The molecule has 2 amide bonds. The van der Waals surface area contributed by atoms with Gasteiger partial charge in [0.1, 0.15) is 5.82 Å². The number of hydrogen-bond donors (Lipinski definition) is 2. The van der Waals surface area contributed by atoms with Crippen molar-refractivity contribution in [2.24, 2.45) is 5.10 Å². The molecule has 0 radical (unpaired) electrons. The molecule has 1 fully saturated rings. The maximum atomic E-state index is 13.9. The summed E-state index contributed by atoms with van der Waals surface area (Å²) in [5, 5.41) is 29.8. The monoisotopic (exact) mass is 463 g/mol. The van der Waals surface area contributed by atoms with Crippen LogP contribution in [0.2, 0.25) is 0 Å². The number of urea groups is 1. The summed E-state index contributed by atoms with van der Waals surface area (Å²) in [5.41, 5.74) is 0.340. The molecule has 0 unspecified atom stereocenters. The molecule has 1 aliphatic rings. The molecule has 1 saturated heterocycles. The summed E-state index contributed by atoms with van der Waals surface area (Å²) in [6.07, 6.45) is 0.268. The van der Waals surface area contributed by atoms with E-state index in [2.05, 4.69) is 10.4 Å². The standard InChI is InChI=1S/C19H18FN5O4S2/c1-19(2)16(23(18(30)31-19)21-11-12-5-3-4-6-15(12)20)24(27)17(26)22-13-7-9-14(10-8-13)25(28)29/h3-11,16,27H,1-2H3,(H,22,26)/b21-11-/t16-/m1/s1. The molecule has 1 aliphatic heterocycles. The smallest absolute Gasteiger partial charge is 0.306 e. The van der Waals surface area contributed by atoms with Crippen LogP contribution in [-0.4, -0.2) is 47.7 Å². The molecule has 1 heterocycles. The first-order chi connectivity index (χ1) is 14.6. The highest BCUT2D eigenvalue weighted by Gasteiger charge is 2.50. The van der Waals surface area contributed by atoms with Gasteiger partial charge in [0.25, 0.3) is 5.69 Å². The third kappa shape index (κ3) is 4.98. The number of benzene rings is 2. The topological polar surface area (TPSA) is 111 Å². The first-order valence-corrected chi connectivity index (χ1v) is 10.2. The highest BCUT2D eigenvalue weighted by atomic mass is 32.2. The lowest BCUT2D eigenvalue weighted by Gasteiger charge is -2.34. The molecule has 0 spiro atoms. The van der Waals surface area contributed by atoms with E-state index in [0.717, 1.165) is 0 Å². The number of anilines is 1. The van der Waals surface area contributed by atoms with Gasteiger partial charge in [-0.25, -0.2) is 14.2 Å². The van der Waals surface area contributed by atoms with Crippen LogP contribution in [0.1, 0.15) is 19.4 Å². The van der Waals surface area contributed by atoms with E-state index < -0.39 is 27.7 Å². The molecule has 0 saturated carbocycles. The maximum absolute atomic E-state index is 13.9. The third-order valence-corrected chi connectivity index (χ3v) is 5.92. The van der Waals surface area contributed by atoms with Crippen LogP contribution < -0.4 is 5.32 Å². The van der Waals surface area contributed by atoms with E-state index in [1.807, 2.05) is 0 Å². The SMILES string of the molecule is CC1(C)SC(=S)N(/N=C\c2ccccc2F)[C@@H]1N(O)C(=O)Nc1ccc([N+](=O)[O-])cc1. The molecule has 1 atom stereocenters. The zero-order valence-corrected chi connectivity index (χ0v) is 18.1. The molecule has 2 N–H and O–H groups in total. The number of hydrazone groups is 1. The van der Waals surface area contributed by atoms with Crippen molar-refractivity contribution < 1.29 is 19.3 Å². The quantitative estimate of drug-likeness (QED) is 0.222.